The second-order valence-corrected chi connectivity index (χ2v) is 5.85. The van der Waals surface area contributed by atoms with Crippen LogP contribution in [0.2, 0.25) is 0 Å². The molecule has 0 saturated carbocycles. The summed E-state index contributed by atoms with van der Waals surface area (Å²) in [6.45, 7) is 3.01. The largest absolute Gasteiger partial charge is 0.489 e. The molecule has 1 unspecified atom stereocenters. The highest BCUT2D eigenvalue weighted by atomic mass is 79.9. The Morgan fingerprint density at radius 3 is 2.73 bits per heavy atom. The first-order chi connectivity index (χ1) is 10.6. The number of aliphatic imine (C=N–C) groups is 1. The molecule has 0 spiro atoms. The Morgan fingerprint density at radius 1 is 1.23 bits per heavy atom. The van der Waals surface area contributed by atoms with Gasteiger partial charge in [0.2, 0.25) is 0 Å². The van der Waals surface area contributed by atoms with Crippen molar-refractivity contribution < 1.29 is 4.74 Å². The zero-order valence-corrected chi connectivity index (χ0v) is 14.1. The summed E-state index contributed by atoms with van der Waals surface area (Å²) in [7, 11) is 0. The van der Waals surface area contributed by atoms with Crippen molar-refractivity contribution in [2.24, 2.45) is 10.7 Å². The number of para-hydroxylation sites is 1. The van der Waals surface area contributed by atoms with Gasteiger partial charge in [-0.15, -0.1) is 0 Å². The Labute approximate surface area is 139 Å². The minimum absolute atomic E-state index is 0.0215. The average Bonchev–Trinajstić information content (AvgIpc) is 2.52. The number of hydrogen-bond acceptors (Lipinski definition) is 3. The van der Waals surface area contributed by atoms with Crippen molar-refractivity contribution in [2.75, 3.05) is 18.4 Å². The summed E-state index contributed by atoms with van der Waals surface area (Å²) < 4.78 is 6.78. The third-order valence-electron chi connectivity index (χ3n) is 2.93. The number of nitrogens with one attached hydrogen (secondary N) is 1. The highest BCUT2D eigenvalue weighted by Crippen LogP contribution is 2.15. The molecule has 0 aliphatic heterocycles. The second kappa shape index (κ2) is 8.44. The summed E-state index contributed by atoms with van der Waals surface area (Å²) in [6, 6.07) is 17.6. The third-order valence-corrected chi connectivity index (χ3v) is 3.42. The lowest BCUT2D eigenvalue weighted by atomic mass is 10.3. The molecule has 22 heavy (non-hydrogen) atoms. The second-order valence-electron chi connectivity index (χ2n) is 4.94. The number of ether oxygens (including phenoxy) is 1. The minimum atomic E-state index is -0.0215. The predicted molar refractivity (Wildman–Crippen MR) is 95.7 cm³/mol. The molecule has 116 valence electrons. The van der Waals surface area contributed by atoms with Crippen molar-refractivity contribution >= 4 is 27.5 Å². The molecule has 0 heterocycles. The molecular weight excluding hydrogens is 342 g/mol. The summed E-state index contributed by atoms with van der Waals surface area (Å²) >= 11 is 3.43. The zero-order valence-electron chi connectivity index (χ0n) is 12.5. The molecule has 0 amide bonds. The first-order valence-electron chi connectivity index (χ1n) is 7.13. The van der Waals surface area contributed by atoms with Crippen LogP contribution in [-0.2, 0) is 0 Å². The van der Waals surface area contributed by atoms with E-state index in [0.717, 1.165) is 15.9 Å². The van der Waals surface area contributed by atoms with E-state index in [9.17, 15) is 0 Å². The van der Waals surface area contributed by atoms with Gasteiger partial charge in [0.15, 0.2) is 0 Å². The number of nitrogens with zero attached hydrogens (tertiary/aromatic N) is 1. The maximum absolute atomic E-state index is 5.92. The van der Waals surface area contributed by atoms with E-state index in [-0.39, 0.29) is 6.10 Å². The summed E-state index contributed by atoms with van der Waals surface area (Å²) in [6.07, 6.45) is -0.0215. The van der Waals surface area contributed by atoms with Gasteiger partial charge >= 0.3 is 0 Å². The average molecular weight is 362 g/mol. The van der Waals surface area contributed by atoms with E-state index in [1.165, 1.54) is 0 Å². The molecule has 0 radical (unpaired) electrons. The molecule has 3 N–H and O–H groups in total. The molecule has 1 atom stereocenters. The molecule has 4 nitrogen and oxygen atoms in total. The molecule has 2 aromatic rings. The van der Waals surface area contributed by atoms with E-state index in [1.54, 1.807) is 0 Å². The van der Waals surface area contributed by atoms with Gasteiger partial charge < -0.3 is 15.8 Å². The lowest BCUT2D eigenvalue weighted by Gasteiger charge is -2.13. The maximum atomic E-state index is 5.92. The number of rotatable bonds is 7. The number of nitrogens with two attached hydrogens (primary N) is 1. The first-order valence-corrected chi connectivity index (χ1v) is 7.93. The minimum Gasteiger partial charge on any atom is -0.489 e. The molecule has 0 bridgehead atoms. The van der Waals surface area contributed by atoms with Crippen molar-refractivity contribution in [3.63, 3.8) is 0 Å². The quantitative estimate of drug-likeness (QED) is 0.584. The molecule has 0 aliphatic carbocycles. The van der Waals surface area contributed by atoms with Crippen molar-refractivity contribution in [1.82, 2.24) is 0 Å². The van der Waals surface area contributed by atoms with Crippen molar-refractivity contribution in [3.8, 4) is 5.75 Å². The monoisotopic (exact) mass is 361 g/mol. The fourth-order valence-corrected chi connectivity index (χ4v) is 2.26. The molecule has 0 aliphatic rings. The van der Waals surface area contributed by atoms with E-state index < -0.39 is 0 Å². The van der Waals surface area contributed by atoms with Crippen LogP contribution in [0, 0.1) is 0 Å². The Bertz CT molecular complexity index is 616. The number of anilines is 1. The van der Waals surface area contributed by atoms with Gasteiger partial charge in [0.05, 0.1) is 13.1 Å². The van der Waals surface area contributed by atoms with Crippen LogP contribution in [0.3, 0.4) is 0 Å². The smallest absolute Gasteiger partial charge is 0.119 e. The molecule has 5 heteroatoms. The fraction of sp³-hybridized carbons (Fsp3) is 0.235. The van der Waals surface area contributed by atoms with Crippen LogP contribution in [0.5, 0.6) is 5.75 Å². The Balaban J connectivity index is 1.77. The fourth-order valence-electron chi connectivity index (χ4n) is 1.86. The van der Waals surface area contributed by atoms with Gasteiger partial charge in [-0.05, 0) is 37.3 Å². The third kappa shape index (κ3) is 5.77. The van der Waals surface area contributed by atoms with Crippen LogP contribution in [0.1, 0.15) is 6.92 Å². The number of halogens is 1. The highest BCUT2D eigenvalue weighted by Gasteiger charge is 2.03. The summed E-state index contributed by atoms with van der Waals surface area (Å²) in [5.41, 5.74) is 6.92. The van der Waals surface area contributed by atoms with Gasteiger partial charge in [-0.2, -0.15) is 0 Å². The molecule has 0 aromatic heterocycles. The van der Waals surface area contributed by atoms with E-state index in [2.05, 4.69) is 26.2 Å². The molecule has 2 rings (SSSR count). The van der Waals surface area contributed by atoms with Crippen molar-refractivity contribution in [1.29, 1.82) is 0 Å². The SMILES string of the molecule is CC(CN=C(N)CNc1cccc(Br)c1)Oc1ccccc1. The normalized spacial score (nSPS) is 12.7. The zero-order chi connectivity index (χ0) is 15.8. The molecule has 0 fully saturated rings. The maximum Gasteiger partial charge on any atom is 0.119 e. The summed E-state index contributed by atoms with van der Waals surface area (Å²) in [5, 5.41) is 3.23. The Morgan fingerprint density at radius 2 is 2.00 bits per heavy atom. The Hall–Kier alpha value is -2.01. The van der Waals surface area contributed by atoms with Crippen LogP contribution >= 0.6 is 15.9 Å². The Kier molecular flexibility index (Phi) is 6.27. The number of hydrogen-bond donors (Lipinski definition) is 2. The number of benzene rings is 2. The van der Waals surface area contributed by atoms with Crippen LogP contribution in [0.15, 0.2) is 64.1 Å². The van der Waals surface area contributed by atoms with Crippen molar-refractivity contribution in [2.45, 2.75) is 13.0 Å². The molecule has 0 saturated heterocycles. The van der Waals surface area contributed by atoms with Crippen LogP contribution in [0.25, 0.3) is 0 Å². The molecular formula is C17H20BrN3O. The van der Waals surface area contributed by atoms with E-state index in [4.69, 9.17) is 10.5 Å². The first kappa shape index (κ1) is 16.4. The van der Waals surface area contributed by atoms with E-state index in [0.29, 0.717) is 18.9 Å². The van der Waals surface area contributed by atoms with Gasteiger partial charge in [-0.1, -0.05) is 40.2 Å². The van der Waals surface area contributed by atoms with Crippen LogP contribution < -0.4 is 15.8 Å². The van der Waals surface area contributed by atoms with Gasteiger partial charge in [0.25, 0.3) is 0 Å². The van der Waals surface area contributed by atoms with Gasteiger partial charge in [0.1, 0.15) is 17.7 Å². The number of amidine groups is 1. The molecule has 2 aromatic carbocycles. The standard InChI is InChI=1S/C17H20BrN3O/c1-13(22-16-8-3-2-4-9-16)11-21-17(19)12-20-15-7-5-6-14(18)10-15/h2-10,13,20H,11-12H2,1H3,(H2,19,21). The van der Waals surface area contributed by atoms with Crippen LogP contribution in [0.4, 0.5) is 5.69 Å². The topological polar surface area (TPSA) is 59.6 Å². The lowest BCUT2D eigenvalue weighted by molar-refractivity contribution is 0.230. The predicted octanol–water partition coefficient (Wildman–Crippen LogP) is 3.69. The van der Waals surface area contributed by atoms with E-state index >= 15 is 0 Å². The van der Waals surface area contributed by atoms with E-state index in [1.807, 2.05) is 61.5 Å². The van der Waals surface area contributed by atoms with Gasteiger partial charge in [-0.3, -0.25) is 4.99 Å². The summed E-state index contributed by atoms with van der Waals surface area (Å²) in [4.78, 5) is 4.35. The summed E-state index contributed by atoms with van der Waals surface area (Å²) in [5.74, 6) is 1.40. The van der Waals surface area contributed by atoms with Crippen LogP contribution in [-0.4, -0.2) is 25.0 Å². The van der Waals surface area contributed by atoms with Crippen molar-refractivity contribution in [3.05, 3.63) is 59.1 Å². The highest BCUT2D eigenvalue weighted by molar-refractivity contribution is 9.10. The van der Waals surface area contributed by atoms with Gasteiger partial charge in [0, 0.05) is 10.2 Å². The lowest BCUT2D eigenvalue weighted by Crippen LogP contribution is -2.25. The van der Waals surface area contributed by atoms with Gasteiger partial charge in [-0.25, -0.2) is 0 Å².